The van der Waals surface area contributed by atoms with Crippen LogP contribution in [0.1, 0.15) is 64.2 Å². The van der Waals surface area contributed by atoms with Crippen molar-refractivity contribution < 1.29 is 0 Å². The fourth-order valence-corrected chi connectivity index (χ4v) is 3.74. The molecular formula is C16H32N2. The van der Waals surface area contributed by atoms with E-state index in [2.05, 4.69) is 23.9 Å². The Bertz CT molecular complexity index is 209. The summed E-state index contributed by atoms with van der Waals surface area (Å²) in [5.41, 5.74) is 0. The molecule has 18 heavy (non-hydrogen) atoms. The van der Waals surface area contributed by atoms with Gasteiger partial charge in [-0.25, -0.2) is 0 Å². The second kappa shape index (κ2) is 7.49. The highest BCUT2D eigenvalue weighted by atomic mass is 15.2. The van der Waals surface area contributed by atoms with Gasteiger partial charge in [0, 0.05) is 12.1 Å². The van der Waals surface area contributed by atoms with Crippen LogP contribution in [0.5, 0.6) is 0 Å². The summed E-state index contributed by atoms with van der Waals surface area (Å²) in [5, 5.41) is 0. The maximum absolute atomic E-state index is 2.81. The first-order chi connectivity index (χ1) is 8.77. The molecule has 1 heterocycles. The number of nitrogens with zero attached hydrogens (tertiary/aromatic N) is 2. The van der Waals surface area contributed by atoms with E-state index in [9.17, 15) is 0 Å². The van der Waals surface area contributed by atoms with Crippen LogP contribution < -0.4 is 0 Å². The van der Waals surface area contributed by atoms with Crippen LogP contribution in [0.15, 0.2) is 0 Å². The molecule has 2 nitrogen and oxygen atoms in total. The van der Waals surface area contributed by atoms with Gasteiger partial charge in [-0.3, -0.25) is 0 Å². The van der Waals surface area contributed by atoms with Crippen LogP contribution in [0.4, 0.5) is 0 Å². The monoisotopic (exact) mass is 252 g/mol. The highest BCUT2D eigenvalue weighted by Gasteiger charge is 2.25. The van der Waals surface area contributed by atoms with Crippen molar-refractivity contribution >= 4 is 0 Å². The van der Waals surface area contributed by atoms with Crippen molar-refractivity contribution in [2.24, 2.45) is 0 Å². The molecule has 1 saturated heterocycles. The van der Waals surface area contributed by atoms with Crippen molar-refractivity contribution in [3.05, 3.63) is 0 Å². The molecule has 0 N–H and O–H groups in total. The van der Waals surface area contributed by atoms with Gasteiger partial charge in [0.25, 0.3) is 0 Å². The minimum atomic E-state index is 0.831. The maximum atomic E-state index is 2.81. The first-order valence-corrected chi connectivity index (χ1v) is 8.18. The molecule has 0 amide bonds. The molecule has 1 saturated carbocycles. The van der Waals surface area contributed by atoms with Gasteiger partial charge in [0.2, 0.25) is 0 Å². The molecular weight excluding hydrogens is 220 g/mol. The highest BCUT2D eigenvalue weighted by Crippen LogP contribution is 2.24. The van der Waals surface area contributed by atoms with Gasteiger partial charge in [0.05, 0.1) is 0 Å². The van der Waals surface area contributed by atoms with Gasteiger partial charge in [-0.2, -0.15) is 0 Å². The number of rotatable bonds is 2. The van der Waals surface area contributed by atoms with Crippen molar-refractivity contribution in [2.45, 2.75) is 76.3 Å². The van der Waals surface area contributed by atoms with E-state index in [1.165, 1.54) is 77.3 Å². The predicted molar refractivity (Wildman–Crippen MR) is 79.0 cm³/mol. The Morgan fingerprint density at radius 3 is 1.72 bits per heavy atom. The summed E-state index contributed by atoms with van der Waals surface area (Å²) < 4.78 is 0. The van der Waals surface area contributed by atoms with Gasteiger partial charge in [-0.1, -0.05) is 38.5 Å². The fourth-order valence-electron chi connectivity index (χ4n) is 3.74. The van der Waals surface area contributed by atoms with Crippen LogP contribution in [0, 0.1) is 0 Å². The number of piperidine rings is 1. The average Bonchev–Trinajstić information content (AvgIpc) is 2.52. The topological polar surface area (TPSA) is 6.48 Å². The zero-order chi connectivity index (χ0) is 12.8. The standard InChI is InChI=1S/C16H32N2/c1-17(2)15-11-13-18(14-12-15)16-9-7-5-3-4-6-8-10-16/h15-16H,3-14H2,1-2H3. The molecule has 0 bridgehead atoms. The number of likely N-dealkylation sites (tertiary alicyclic amines) is 1. The van der Waals surface area contributed by atoms with Crippen LogP contribution in [0.25, 0.3) is 0 Å². The van der Waals surface area contributed by atoms with Gasteiger partial charge in [-0.05, 0) is 52.9 Å². The Morgan fingerprint density at radius 2 is 1.22 bits per heavy atom. The van der Waals surface area contributed by atoms with E-state index < -0.39 is 0 Å². The predicted octanol–water partition coefficient (Wildman–Crippen LogP) is 3.52. The summed E-state index contributed by atoms with van der Waals surface area (Å²) in [6.45, 7) is 2.68. The third-order valence-corrected chi connectivity index (χ3v) is 5.07. The SMILES string of the molecule is CN(C)C1CCN(C2CCCCCCCC2)CC1. The first-order valence-electron chi connectivity index (χ1n) is 8.18. The van der Waals surface area contributed by atoms with Gasteiger partial charge in [0.15, 0.2) is 0 Å². The molecule has 0 atom stereocenters. The van der Waals surface area contributed by atoms with Crippen LogP contribution in [-0.2, 0) is 0 Å². The first kappa shape index (κ1) is 14.3. The van der Waals surface area contributed by atoms with Crippen molar-refractivity contribution in [1.82, 2.24) is 9.80 Å². The quantitative estimate of drug-likeness (QED) is 0.742. The minimum Gasteiger partial charge on any atom is -0.306 e. The molecule has 0 aromatic rings. The lowest BCUT2D eigenvalue weighted by Gasteiger charge is -2.39. The fraction of sp³-hybridized carbons (Fsp3) is 1.00. The molecule has 0 aromatic carbocycles. The normalized spacial score (nSPS) is 26.8. The zero-order valence-electron chi connectivity index (χ0n) is 12.5. The summed E-state index contributed by atoms with van der Waals surface area (Å²) in [6.07, 6.45) is 14.5. The van der Waals surface area contributed by atoms with E-state index >= 15 is 0 Å². The van der Waals surface area contributed by atoms with E-state index in [1.54, 1.807) is 0 Å². The smallest absolute Gasteiger partial charge is 0.0113 e. The van der Waals surface area contributed by atoms with Crippen molar-refractivity contribution in [3.8, 4) is 0 Å². The molecule has 2 aliphatic rings. The molecule has 0 aromatic heterocycles. The maximum Gasteiger partial charge on any atom is 0.0113 e. The zero-order valence-corrected chi connectivity index (χ0v) is 12.5. The summed E-state index contributed by atoms with van der Waals surface area (Å²) in [7, 11) is 4.47. The van der Waals surface area contributed by atoms with E-state index in [4.69, 9.17) is 0 Å². The van der Waals surface area contributed by atoms with E-state index in [1.807, 2.05) is 0 Å². The van der Waals surface area contributed by atoms with Gasteiger partial charge < -0.3 is 9.80 Å². The lowest BCUT2D eigenvalue weighted by Crippen LogP contribution is -2.46. The van der Waals surface area contributed by atoms with Crippen molar-refractivity contribution in [1.29, 1.82) is 0 Å². The molecule has 2 fully saturated rings. The van der Waals surface area contributed by atoms with Crippen LogP contribution >= 0.6 is 0 Å². The van der Waals surface area contributed by atoms with Gasteiger partial charge >= 0.3 is 0 Å². The summed E-state index contributed by atoms with van der Waals surface area (Å²) in [5.74, 6) is 0. The number of hydrogen-bond acceptors (Lipinski definition) is 2. The Hall–Kier alpha value is -0.0800. The molecule has 0 spiro atoms. The molecule has 2 rings (SSSR count). The Morgan fingerprint density at radius 1 is 0.722 bits per heavy atom. The van der Waals surface area contributed by atoms with E-state index in [0.29, 0.717) is 0 Å². The lowest BCUT2D eigenvalue weighted by atomic mass is 9.97. The third kappa shape index (κ3) is 4.24. The minimum absolute atomic E-state index is 0.831. The summed E-state index contributed by atoms with van der Waals surface area (Å²) >= 11 is 0. The third-order valence-electron chi connectivity index (χ3n) is 5.07. The molecule has 1 aliphatic heterocycles. The lowest BCUT2D eigenvalue weighted by molar-refractivity contribution is 0.0978. The van der Waals surface area contributed by atoms with Gasteiger partial charge in [-0.15, -0.1) is 0 Å². The Kier molecular flexibility index (Phi) is 5.97. The largest absolute Gasteiger partial charge is 0.306 e. The van der Waals surface area contributed by atoms with E-state index in [-0.39, 0.29) is 0 Å². The molecule has 0 unspecified atom stereocenters. The second-order valence-electron chi connectivity index (χ2n) is 6.58. The van der Waals surface area contributed by atoms with Crippen molar-refractivity contribution in [3.63, 3.8) is 0 Å². The molecule has 106 valence electrons. The second-order valence-corrected chi connectivity index (χ2v) is 6.58. The van der Waals surface area contributed by atoms with Crippen LogP contribution in [0.3, 0.4) is 0 Å². The highest BCUT2D eigenvalue weighted by molar-refractivity contribution is 4.82. The average molecular weight is 252 g/mol. The van der Waals surface area contributed by atoms with Crippen LogP contribution in [-0.4, -0.2) is 49.1 Å². The van der Waals surface area contributed by atoms with E-state index in [0.717, 1.165) is 12.1 Å². The Labute approximate surface area is 114 Å². The Balaban J connectivity index is 1.79. The van der Waals surface area contributed by atoms with Gasteiger partial charge in [0.1, 0.15) is 0 Å². The molecule has 2 heteroatoms. The summed E-state index contributed by atoms with van der Waals surface area (Å²) in [4.78, 5) is 5.23. The molecule has 0 radical (unpaired) electrons. The van der Waals surface area contributed by atoms with Crippen LogP contribution in [0.2, 0.25) is 0 Å². The molecule has 1 aliphatic carbocycles. The summed E-state index contributed by atoms with van der Waals surface area (Å²) in [6, 6.07) is 1.74. The number of hydrogen-bond donors (Lipinski definition) is 0. The van der Waals surface area contributed by atoms with Crippen molar-refractivity contribution in [2.75, 3.05) is 27.2 Å².